The lowest BCUT2D eigenvalue weighted by molar-refractivity contribution is 0.342. The molecular weight excluding hydrogens is 372 g/mol. The second-order valence-corrected chi connectivity index (χ2v) is 7.25. The number of anilines is 2. The first kappa shape index (κ1) is 20.0. The largest absolute Gasteiger partial charge is 0.493 e. The zero-order valence-electron chi connectivity index (χ0n) is 16.7. The molecule has 3 aromatic rings. The first-order valence-electron chi connectivity index (χ1n) is 9.41. The van der Waals surface area contributed by atoms with Crippen LogP contribution in [0.5, 0.6) is 17.2 Å². The Balaban J connectivity index is 1.97. The standard InChI is InChI=1S/C22H26N2O3S/c1-5-9-20-21(15-12-13-18(25-3)19(14-15)26-4)24-22(28-20)23-16-10-7-8-11-17(16)27-6-2/h7-8,10-14H,5-6,9H2,1-4H3,(H,23,24). The summed E-state index contributed by atoms with van der Waals surface area (Å²) < 4.78 is 16.5. The number of ether oxygens (including phenoxy) is 3. The molecule has 3 rings (SSSR count). The summed E-state index contributed by atoms with van der Waals surface area (Å²) in [6.45, 7) is 4.78. The average molecular weight is 399 g/mol. The summed E-state index contributed by atoms with van der Waals surface area (Å²) >= 11 is 1.67. The lowest BCUT2D eigenvalue weighted by Gasteiger charge is -2.10. The van der Waals surface area contributed by atoms with E-state index in [1.165, 1.54) is 4.88 Å². The second kappa shape index (κ2) is 9.46. The number of hydrogen-bond acceptors (Lipinski definition) is 6. The van der Waals surface area contributed by atoms with Gasteiger partial charge in [-0.25, -0.2) is 4.98 Å². The van der Waals surface area contributed by atoms with Crippen molar-refractivity contribution in [2.75, 3.05) is 26.1 Å². The Morgan fingerprint density at radius 3 is 2.46 bits per heavy atom. The molecule has 0 bridgehead atoms. The first-order chi connectivity index (χ1) is 13.7. The molecule has 0 saturated heterocycles. The molecule has 0 fully saturated rings. The third kappa shape index (κ3) is 4.39. The van der Waals surface area contributed by atoms with Gasteiger partial charge in [-0.05, 0) is 43.7 Å². The van der Waals surface area contributed by atoms with E-state index in [0.29, 0.717) is 18.1 Å². The minimum Gasteiger partial charge on any atom is -0.493 e. The van der Waals surface area contributed by atoms with Crippen LogP contribution in [0.4, 0.5) is 10.8 Å². The number of methoxy groups -OCH3 is 2. The van der Waals surface area contributed by atoms with Crippen LogP contribution >= 0.6 is 11.3 Å². The van der Waals surface area contributed by atoms with Crippen molar-refractivity contribution in [1.29, 1.82) is 0 Å². The summed E-state index contributed by atoms with van der Waals surface area (Å²) in [5.41, 5.74) is 2.91. The fourth-order valence-electron chi connectivity index (χ4n) is 2.98. The summed E-state index contributed by atoms with van der Waals surface area (Å²) in [6, 6.07) is 13.8. The molecule has 0 amide bonds. The zero-order valence-corrected chi connectivity index (χ0v) is 17.6. The van der Waals surface area contributed by atoms with Crippen LogP contribution in [0.3, 0.4) is 0 Å². The Morgan fingerprint density at radius 1 is 0.964 bits per heavy atom. The van der Waals surface area contributed by atoms with Gasteiger partial charge in [-0.15, -0.1) is 11.3 Å². The molecule has 0 atom stereocenters. The SMILES string of the molecule is CCCc1sc(Nc2ccccc2OCC)nc1-c1ccc(OC)c(OC)c1. The van der Waals surface area contributed by atoms with Crippen molar-refractivity contribution in [3.05, 3.63) is 47.3 Å². The number of para-hydroxylation sites is 2. The predicted octanol–water partition coefficient (Wildman–Crippen LogP) is 5.92. The summed E-state index contributed by atoms with van der Waals surface area (Å²) in [6.07, 6.45) is 2.02. The number of benzene rings is 2. The number of rotatable bonds is 9. The highest BCUT2D eigenvalue weighted by atomic mass is 32.1. The van der Waals surface area contributed by atoms with E-state index in [0.717, 1.165) is 40.7 Å². The molecule has 1 heterocycles. The molecule has 0 aliphatic rings. The van der Waals surface area contributed by atoms with E-state index in [4.69, 9.17) is 19.2 Å². The van der Waals surface area contributed by atoms with Crippen LogP contribution in [-0.4, -0.2) is 25.8 Å². The highest BCUT2D eigenvalue weighted by molar-refractivity contribution is 7.16. The summed E-state index contributed by atoms with van der Waals surface area (Å²) in [4.78, 5) is 6.12. The normalized spacial score (nSPS) is 10.6. The fraction of sp³-hybridized carbons (Fsp3) is 0.318. The molecule has 0 saturated carbocycles. The topological polar surface area (TPSA) is 52.6 Å². The lowest BCUT2D eigenvalue weighted by Crippen LogP contribution is -1.97. The van der Waals surface area contributed by atoms with Crippen molar-refractivity contribution < 1.29 is 14.2 Å². The minimum atomic E-state index is 0.620. The van der Waals surface area contributed by atoms with Gasteiger partial charge in [0.1, 0.15) is 5.75 Å². The van der Waals surface area contributed by atoms with Crippen molar-refractivity contribution in [3.63, 3.8) is 0 Å². The van der Waals surface area contributed by atoms with E-state index in [1.807, 2.05) is 49.4 Å². The van der Waals surface area contributed by atoms with Crippen LogP contribution in [0.15, 0.2) is 42.5 Å². The van der Waals surface area contributed by atoms with Gasteiger partial charge in [0.05, 0.1) is 32.2 Å². The Bertz CT molecular complexity index is 924. The van der Waals surface area contributed by atoms with Gasteiger partial charge in [0.15, 0.2) is 16.6 Å². The van der Waals surface area contributed by atoms with Crippen LogP contribution in [0.25, 0.3) is 11.3 Å². The first-order valence-corrected chi connectivity index (χ1v) is 10.2. The van der Waals surface area contributed by atoms with Crippen molar-refractivity contribution >= 4 is 22.2 Å². The van der Waals surface area contributed by atoms with Gasteiger partial charge >= 0.3 is 0 Å². The number of hydrogen-bond donors (Lipinski definition) is 1. The third-order valence-corrected chi connectivity index (χ3v) is 5.29. The third-order valence-electron chi connectivity index (χ3n) is 4.26. The number of nitrogens with zero attached hydrogens (tertiary/aromatic N) is 1. The second-order valence-electron chi connectivity index (χ2n) is 6.16. The van der Waals surface area contributed by atoms with Gasteiger partial charge in [0.2, 0.25) is 0 Å². The van der Waals surface area contributed by atoms with Crippen LogP contribution in [0.1, 0.15) is 25.1 Å². The van der Waals surface area contributed by atoms with Crippen LogP contribution < -0.4 is 19.5 Å². The Kier molecular flexibility index (Phi) is 6.76. The van der Waals surface area contributed by atoms with Gasteiger partial charge in [-0.1, -0.05) is 25.5 Å². The maximum absolute atomic E-state index is 5.72. The van der Waals surface area contributed by atoms with E-state index in [9.17, 15) is 0 Å². The summed E-state index contributed by atoms with van der Waals surface area (Å²) in [5, 5.41) is 4.27. The zero-order chi connectivity index (χ0) is 19.9. The van der Waals surface area contributed by atoms with Crippen LogP contribution in [-0.2, 0) is 6.42 Å². The van der Waals surface area contributed by atoms with Gasteiger partial charge in [0, 0.05) is 10.4 Å². The summed E-state index contributed by atoms with van der Waals surface area (Å²) in [5.74, 6) is 2.24. The van der Waals surface area contributed by atoms with Gasteiger partial charge in [-0.2, -0.15) is 0 Å². The van der Waals surface area contributed by atoms with Crippen molar-refractivity contribution in [2.45, 2.75) is 26.7 Å². The molecule has 2 aromatic carbocycles. The molecule has 1 N–H and O–H groups in total. The molecule has 5 nitrogen and oxygen atoms in total. The van der Waals surface area contributed by atoms with E-state index >= 15 is 0 Å². The number of thiazole rings is 1. The average Bonchev–Trinajstić information content (AvgIpc) is 3.11. The molecular formula is C22H26N2O3S. The molecule has 148 valence electrons. The van der Waals surface area contributed by atoms with Gasteiger partial charge in [0.25, 0.3) is 0 Å². The van der Waals surface area contributed by atoms with E-state index in [2.05, 4.69) is 12.2 Å². The molecule has 28 heavy (non-hydrogen) atoms. The van der Waals surface area contributed by atoms with E-state index in [1.54, 1.807) is 25.6 Å². The molecule has 6 heteroatoms. The lowest BCUT2D eigenvalue weighted by atomic mass is 10.1. The highest BCUT2D eigenvalue weighted by Gasteiger charge is 2.16. The van der Waals surface area contributed by atoms with Gasteiger partial charge in [-0.3, -0.25) is 0 Å². The minimum absolute atomic E-state index is 0.620. The smallest absolute Gasteiger partial charge is 0.188 e. The molecule has 0 aliphatic heterocycles. The number of aromatic nitrogens is 1. The van der Waals surface area contributed by atoms with Gasteiger partial charge < -0.3 is 19.5 Å². The van der Waals surface area contributed by atoms with Crippen molar-refractivity contribution in [2.24, 2.45) is 0 Å². The summed E-state index contributed by atoms with van der Waals surface area (Å²) in [7, 11) is 3.29. The number of aryl methyl sites for hydroxylation is 1. The van der Waals surface area contributed by atoms with Crippen LogP contribution in [0, 0.1) is 0 Å². The van der Waals surface area contributed by atoms with Crippen LogP contribution in [0.2, 0.25) is 0 Å². The Hall–Kier alpha value is -2.73. The quantitative estimate of drug-likeness (QED) is 0.485. The molecule has 1 aromatic heterocycles. The van der Waals surface area contributed by atoms with Crippen molar-refractivity contribution in [1.82, 2.24) is 4.98 Å². The highest BCUT2D eigenvalue weighted by Crippen LogP contribution is 2.38. The predicted molar refractivity (Wildman–Crippen MR) is 116 cm³/mol. The maximum Gasteiger partial charge on any atom is 0.188 e. The maximum atomic E-state index is 5.72. The molecule has 0 spiro atoms. The monoisotopic (exact) mass is 398 g/mol. The van der Waals surface area contributed by atoms with E-state index in [-0.39, 0.29) is 0 Å². The molecule has 0 aliphatic carbocycles. The van der Waals surface area contributed by atoms with E-state index < -0.39 is 0 Å². The molecule has 0 unspecified atom stereocenters. The molecule has 0 radical (unpaired) electrons. The fourth-order valence-corrected chi connectivity index (χ4v) is 4.07. The van der Waals surface area contributed by atoms with Crippen molar-refractivity contribution in [3.8, 4) is 28.5 Å². The Labute approximate surface area is 170 Å². The number of nitrogens with one attached hydrogen (secondary N) is 1. The Morgan fingerprint density at radius 2 is 1.75 bits per heavy atom.